The fourth-order valence-corrected chi connectivity index (χ4v) is 1.66. The van der Waals surface area contributed by atoms with Crippen LogP contribution in [0.25, 0.3) is 0 Å². The number of nitrogens with one attached hydrogen (secondary N) is 1. The van der Waals surface area contributed by atoms with Crippen molar-refractivity contribution in [2.24, 2.45) is 5.73 Å². The van der Waals surface area contributed by atoms with Crippen LogP contribution >= 0.6 is 0 Å². The summed E-state index contributed by atoms with van der Waals surface area (Å²) in [7, 11) is 0. The maximum atomic E-state index is 11.6. The van der Waals surface area contributed by atoms with E-state index in [0.29, 0.717) is 5.69 Å². The summed E-state index contributed by atoms with van der Waals surface area (Å²) in [5.74, 6) is -3.04. The molecular weight excluding hydrogens is 308 g/mol. The Hall–Kier alpha value is -2.75. The summed E-state index contributed by atoms with van der Waals surface area (Å²) in [5.41, 5.74) is 5.82. The average molecular weight is 326 g/mol. The van der Waals surface area contributed by atoms with Crippen molar-refractivity contribution >= 4 is 23.6 Å². The van der Waals surface area contributed by atoms with Gasteiger partial charge in [0.15, 0.2) is 5.78 Å². The Morgan fingerprint density at radius 2 is 1.96 bits per heavy atom. The first-order valence-electron chi connectivity index (χ1n) is 6.77. The smallest absolute Gasteiger partial charge is 0.320 e. The third kappa shape index (κ3) is 7.18. The van der Waals surface area contributed by atoms with Crippen LogP contribution in [0.5, 0.6) is 0 Å². The molecule has 1 rings (SSSR count). The van der Waals surface area contributed by atoms with Crippen LogP contribution < -0.4 is 11.1 Å². The number of imidazole rings is 1. The molecule has 1 amide bonds. The number of rotatable bonds is 10. The van der Waals surface area contributed by atoms with Crippen molar-refractivity contribution < 1.29 is 29.4 Å². The average Bonchev–Trinajstić information content (AvgIpc) is 2.89. The summed E-state index contributed by atoms with van der Waals surface area (Å²) in [6, 6.07) is -1.07. The molecular formula is C13H18N4O6. The van der Waals surface area contributed by atoms with E-state index in [1.807, 2.05) is 0 Å². The topological polar surface area (TPSA) is 165 Å². The van der Waals surface area contributed by atoms with Gasteiger partial charge in [-0.3, -0.25) is 19.2 Å². The largest absolute Gasteiger partial charge is 0.481 e. The van der Waals surface area contributed by atoms with E-state index < -0.39 is 23.9 Å². The molecule has 0 aromatic carbocycles. The number of Topliss-reactive ketones (excluding diaryl/α,β-unsaturated/α-hetero) is 1. The number of carbonyl (C=O) groups excluding carboxylic acids is 2. The first-order chi connectivity index (χ1) is 10.8. The zero-order valence-corrected chi connectivity index (χ0v) is 12.3. The lowest BCUT2D eigenvalue weighted by Crippen LogP contribution is -2.32. The molecule has 0 spiro atoms. The second-order valence-corrected chi connectivity index (χ2v) is 4.90. The third-order valence-electron chi connectivity index (χ3n) is 2.86. The SMILES string of the molecule is NC(Cc1cn(CC(=O)NCC(=O)CCC(=O)O)cn1)C(=O)O. The number of carbonyl (C=O) groups is 4. The van der Waals surface area contributed by atoms with E-state index in [0.717, 1.165) is 0 Å². The monoisotopic (exact) mass is 326 g/mol. The third-order valence-corrected chi connectivity index (χ3v) is 2.86. The van der Waals surface area contributed by atoms with Gasteiger partial charge in [0.1, 0.15) is 12.6 Å². The first-order valence-corrected chi connectivity index (χ1v) is 6.77. The van der Waals surface area contributed by atoms with Gasteiger partial charge in [-0.15, -0.1) is 0 Å². The molecule has 0 radical (unpaired) electrons. The lowest BCUT2D eigenvalue weighted by atomic mass is 10.2. The summed E-state index contributed by atoms with van der Waals surface area (Å²) in [6.45, 7) is -0.334. The van der Waals surface area contributed by atoms with Gasteiger partial charge in [0.25, 0.3) is 0 Å². The lowest BCUT2D eigenvalue weighted by Gasteiger charge is -2.05. The molecule has 0 saturated carbocycles. The molecule has 0 fully saturated rings. The van der Waals surface area contributed by atoms with Gasteiger partial charge in [0, 0.05) is 19.0 Å². The van der Waals surface area contributed by atoms with Crippen molar-refractivity contribution in [3.05, 3.63) is 18.2 Å². The molecule has 1 atom stereocenters. The number of nitrogens with two attached hydrogens (primary N) is 1. The highest BCUT2D eigenvalue weighted by Crippen LogP contribution is 2.00. The van der Waals surface area contributed by atoms with Gasteiger partial charge in [-0.05, 0) is 0 Å². The van der Waals surface area contributed by atoms with Crippen LogP contribution in [-0.2, 0) is 32.1 Å². The zero-order valence-electron chi connectivity index (χ0n) is 12.3. The van der Waals surface area contributed by atoms with Gasteiger partial charge >= 0.3 is 11.9 Å². The number of carboxylic acids is 2. The van der Waals surface area contributed by atoms with Crippen molar-refractivity contribution in [1.82, 2.24) is 14.9 Å². The summed E-state index contributed by atoms with van der Waals surface area (Å²) < 4.78 is 1.43. The van der Waals surface area contributed by atoms with Gasteiger partial charge in [-0.25, -0.2) is 4.98 Å². The van der Waals surface area contributed by atoms with E-state index in [2.05, 4.69) is 10.3 Å². The Labute approximate surface area is 131 Å². The molecule has 0 aliphatic rings. The lowest BCUT2D eigenvalue weighted by molar-refractivity contribution is -0.139. The number of aromatic nitrogens is 2. The Kier molecular flexibility index (Phi) is 6.87. The summed E-state index contributed by atoms with van der Waals surface area (Å²) in [5, 5.41) is 19.5. The van der Waals surface area contributed by atoms with Crippen molar-refractivity contribution in [3.8, 4) is 0 Å². The van der Waals surface area contributed by atoms with Crippen molar-refractivity contribution in [2.75, 3.05) is 6.54 Å². The number of hydrogen-bond acceptors (Lipinski definition) is 6. The van der Waals surface area contributed by atoms with E-state index in [1.165, 1.54) is 17.1 Å². The van der Waals surface area contributed by atoms with Crippen LogP contribution in [0.15, 0.2) is 12.5 Å². The molecule has 1 aromatic rings. The molecule has 1 heterocycles. The number of hydrogen-bond donors (Lipinski definition) is 4. The summed E-state index contributed by atoms with van der Waals surface area (Å²) in [6.07, 6.45) is 2.48. The Morgan fingerprint density at radius 3 is 2.57 bits per heavy atom. The normalized spacial score (nSPS) is 11.7. The fourth-order valence-electron chi connectivity index (χ4n) is 1.66. The van der Waals surface area contributed by atoms with E-state index in [9.17, 15) is 19.2 Å². The quantitative estimate of drug-likeness (QED) is 0.398. The van der Waals surface area contributed by atoms with Crippen molar-refractivity contribution in [3.63, 3.8) is 0 Å². The summed E-state index contributed by atoms with van der Waals surface area (Å²) in [4.78, 5) is 47.9. The molecule has 23 heavy (non-hydrogen) atoms. The maximum Gasteiger partial charge on any atom is 0.320 e. The van der Waals surface area contributed by atoms with Crippen LogP contribution in [0.1, 0.15) is 18.5 Å². The van der Waals surface area contributed by atoms with Gasteiger partial charge in [-0.2, -0.15) is 0 Å². The Bertz CT molecular complexity index is 597. The van der Waals surface area contributed by atoms with Gasteiger partial charge in [0.05, 0.1) is 25.0 Å². The van der Waals surface area contributed by atoms with E-state index in [1.54, 1.807) is 0 Å². The molecule has 1 unspecified atom stereocenters. The Morgan fingerprint density at radius 1 is 1.26 bits per heavy atom. The maximum absolute atomic E-state index is 11.6. The standard InChI is InChI=1S/C13H18N4O6/c14-10(13(22)23)3-8-5-17(7-16-8)6-11(19)15-4-9(18)1-2-12(20)21/h5,7,10H,1-4,6,14H2,(H,15,19)(H,20,21)(H,22,23). The van der Waals surface area contributed by atoms with Crippen LogP contribution in [0.3, 0.4) is 0 Å². The molecule has 126 valence electrons. The predicted molar refractivity (Wildman–Crippen MR) is 76.4 cm³/mol. The van der Waals surface area contributed by atoms with Crippen LogP contribution in [-0.4, -0.2) is 56.0 Å². The minimum atomic E-state index is -1.14. The van der Waals surface area contributed by atoms with Crippen LogP contribution in [0.2, 0.25) is 0 Å². The van der Waals surface area contributed by atoms with E-state index in [-0.39, 0.29) is 38.1 Å². The van der Waals surface area contributed by atoms with Crippen molar-refractivity contribution in [1.29, 1.82) is 0 Å². The van der Waals surface area contributed by atoms with Gasteiger partial charge in [-0.1, -0.05) is 0 Å². The second kappa shape index (κ2) is 8.63. The Balaban J connectivity index is 2.37. The number of amides is 1. The number of aliphatic carboxylic acids is 2. The van der Waals surface area contributed by atoms with Gasteiger partial charge < -0.3 is 25.8 Å². The fraction of sp³-hybridized carbons (Fsp3) is 0.462. The summed E-state index contributed by atoms with van der Waals surface area (Å²) >= 11 is 0. The molecule has 1 aromatic heterocycles. The van der Waals surface area contributed by atoms with Crippen molar-refractivity contribution in [2.45, 2.75) is 31.8 Å². The number of carboxylic acid groups (broad SMARTS) is 2. The molecule has 10 heteroatoms. The first kappa shape index (κ1) is 18.3. The minimum Gasteiger partial charge on any atom is -0.481 e. The zero-order chi connectivity index (χ0) is 17.4. The highest BCUT2D eigenvalue weighted by atomic mass is 16.4. The number of ketones is 1. The number of nitrogens with zero attached hydrogens (tertiary/aromatic N) is 2. The molecule has 0 aliphatic carbocycles. The second-order valence-electron chi connectivity index (χ2n) is 4.90. The molecule has 0 bridgehead atoms. The van der Waals surface area contributed by atoms with E-state index >= 15 is 0 Å². The van der Waals surface area contributed by atoms with Crippen LogP contribution in [0.4, 0.5) is 0 Å². The van der Waals surface area contributed by atoms with E-state index in [4.69, 9.17) is 15.9 Å². The highest BCUT2D eigenvalue weighted by molar-refractivity contribution is 5.87. The highest BCUT2D eigenvalue weighted by Gasteiger charge is 2.14. The van der Waals surface area contributed by atoms with Crippen LogP contribution in [0, 0.1) is 0 Å². The molecule has 0 saturated heterocycles. The molecule has 10 nitrogen and oxygen atoms in total. The predicted octanol–water partition coefficient (Wildman–Crippen LogP) is -1.61. The molecule has 5 N–H and O–H groups in total. The van der Waals surface area contributed by atoms with Gasteiger partial charge in [0.2, 0.25) is 5.91 Å². The molecule has 0 aliphatic heterocycles. The minimum absolute atomic E-state index is 0.0393.